The molecule has 0 unspecified atom stereocenters. The van der Waals surface area contributed by atoms with Gasteiger partial charge in [0.25, 0.3) is 0 Å². The van der Waals surface area contributed by atoms with Crippen LogP contribution in [-0.4, -0.2) is 55.6 Å². The first-order valence-corrected chi connectivity index (χ1v) is 11.0. The minimum Gasteiger partial charge on any atom is -0.384 e. The van der Waals surface area contributed by atoms with Gasteiger partial charge in [0.15, 0.2) is 0 Å². The van der Waals surface area contributed by atoms with Crippen molar-refractivity contribution in [2.45, 2.75) is 38.5 Å². The molecule has 2 aromatic rings. The van der Waals surface area contributed by atoms with E-state index in [-0.39, 0.29) is 0 Å². The van der Waals surface area contributed by atoms with Crippen LogP contribution in [0.3, 0.4) is 0 Å². The molecule has 3 nitrogen and oxygen atoms in total. The lowest BCUT2D eigenvalue weighted by atomic mass is 9.93. The summed E-state index contributed by atoms with van der Waals surface area (Å²) in [5, 5.41) is 6.31. The minimum absolute atomic E-state index is 0.968. The predicted molar refractivity (Wildman–Crippen MR) is 117 cm³/mol. The van der Waals surface area contributed by atoms with Crippen molar-refractivity contribution < 1.29 is 0 Å². The summed E-state index contributed by atoms with van der Waals surface area (Å²) < 4.78 is 0. The molecule has 2 fully saturated rings. The van der Waals surface area contributed by atoms with Crippen LogP contribution in [0.1, 0.15) is 38.5 Å². The second kappa shape index (κ2) is 9.57. The van der Waals surface area contributed by atoms with Gasteiger partial charge in [-0.25, -0.2) is 0 Å². The molecule has 0 saturated carbocycles. The normalized spacial score (nSPS) is 19.7. The van der Waals surface area contributed by atoms with Crippen molar-refractivity contribution in [3.8, 4) is 0 Å². The summed E-state index contributed by atoms with van der Waals surface area (Å²) >= 11 is 0. The van der Waals surface area contributed by atoms with Crippen molar-refractivity contribution in [2.24, 2.45) is 5.92 Å². The summed E-state index contributed by atoms with van der Waals surface area (Å²) in [6, 6.07) is 15.2. The maximum absolute atomic E-state index is 3.66. The summed E-state index contributed by atoms with van der Waals surface area (Å²) in [7, 11) is 0. The van der Waals surface area contributed by atoms with E-state index < -0.39 is 0 Å². The molecule has 2 aliphatic heterocycles. The van der Waals surface area contributed by atoms with Crippen LogP contribution in [0, 0.1) is 5.92 Å². The Kier molecular flexibility index (Phi) is 6.65. The van der Waals surface area contributed by atoms with Crippen LogP contribution in [0.5, 0.6) is 0 Å². The summed E-state index contributed by atoms with van der Waals surface area (Å²) in [4.78, 5) is 5.35. The molecular formula is C24H35N3. The van der Waals surface area contributed by atoms with E-state index in [1.54, 1.807) is 0 Å². The van der Waals surface area contributed by atoms with E-state index in [0.29, 0.717) is 0 Å². The Bertz CT molecular complexity index is 694. The van der Waals surface area contributed by atoms with Gasteiger partial charge in [0.1, 0.15) is 0 Å². The fraction of sp³-hybridized carbons (Fsp3) is 0.583. The van der Waals surface area contributed by atoms with Gasteiger partial charge in [0.2, 0.25) is 0 Å². The second-order valence-corrected chi connectivity index (χ2v) is 8.43. The Labute approximate surface area is 164 Å². The minimum atomic E-state index is 0.968. The smallest absolute Gasteiger partial charge is 0.0419 e. The van der Waals surface area contributed by atoms with Crippen LogP contribution < -0.4 is 5.32 Å². The highest BCUT2D eigenvalue weighted by atomic mass is 15.1. The Balaban J connectivity index is 1.13. The van der Waals surface area contributed by atoms with Crippen molar-refractivity contribution in [1.29, 1.82) is 0 Å². The molecule has 2 aromatic carbocycles. The summed E-state index contributed by atoms with van der Waals surface area (Å²) in [6.45, 7) is 8.95. The number of nitrogens with one attached hydrogen (secondary N) is 1. The second-order valence-electron chi connectivity index (χ2n) is 8.43. The van der Waals surface area contributed by atoms with Crippen LogP contribution in [-0.2, 0) is 0 Å². The molecule has 3 heteroatoms. The average molecular weight is 366 g/mol. The third kappa shape index (κ3) is 5.24. The number of benzene rings is 2. The van der Waals surface area contributed by atoms with Gasteiger partial charge in [-0.15, -0.1) is 0 Å². The molecule has 0 amide bonds. The highest BCUT2D eigenvalue weighted by Gasteiger charge is 2.20. The highest BCUT2D eigenvalue weighted by Crippen LogP contribution is 2.24. The number of hydrogen-bond acceptors (Lipinski definition) is 3. The zero-order valence-corrected chi connectivity index (χ0v) is 16.7. The summed E-state index contributed by atoms with van der Waals surface area (Å²) in [6.07, 6.45) is 8.31. The quantitative estimate of drug-likeness (QED) is 0.675. The maximum atomic E-state index is 3.66. The van der Waals surface area contributed by atoms with Gasteiger partial charge in [-0.3, -0.25) is 0 Å². The maximum Gasteiger partial charge on any atom is 0.0419 e. The van der Waals surface area contributed by atoms with E-state index in [1.807, 2.05) is 0 Å². The number of likely N-dealkylation sites (tertiary alicyclic amines) is 2. The van der Waals surface area contributed by atoms with E-state index in [0.717, 1.165) is 12.5 Å². The van der Waals surface area contributed by atoms with Crippen LogP contribution >= 0.6 is 0 Å². The molecule has 1 N–H and O–H groups in total. The van der Waals surface area contributed by atoms with Gasteiger partial charge in [-0.05, 0) is 95.2 Å². The third-order valence-corrected chi connectivity index (χ3v) is 6.52. The zero-order chi connectivity index (χ0) is 18.3. The largest absolute Gasteiger partial charge is 0.384 e. The number of piperidine rings is 1. The molecule has 2 heterocycles. The molecule has 0 aromatic heterocycles. The number of anilines is 1. The van der Waals surface area contributed by atoms with Crippen molar-refractivity contribution in [3.63, 3.8) is 0 Å². The van der Waals surface area contributed by atoms with Crippen LogP contribution in [0.25, 0.3) is 10.8 Å². The van der Waals surface area contributed by atoms with Crippen molar-refractivity contribution in [1.82, 2.24) is 9.80 Å². The van der Waals surface area contributed by atoms with Gasteiger partial charge in [-0.2, -0.15) is 0 Å². The molecule has 27 heavy (non-hydrogen) atoms. The van der Waals surface area contributed by atoms with E-state index in [1.165, 1.54) is 94.3 Å². The number of fused-ring (bicyclic) bond motifs is 1. The van der Waals surface area contributed by atoms with Gasteiger partial charge < -0.3 is 15.1 Å². The topological polar surface area (TPSA) is 18.5 Å². The number of rotatable bonds is 8. The first kappa shape index (κ1) is 18.8. The molecule has 2 aliphatic rings. The van der Waals surface area contributed by atoms with Crippen LogP contribution in [0.4, 0.5) is 5.69 Å². The average Bonchev–Trinajstić information content (AvgIpc) is 3.24. The molecule has 0 radical (unpaired) electrons. The van der Waals surface area contributed by atoms with Crippen molar-refractivity contribution in [2.75, 3.05) is 51.1 Å². The molecule has 0 bridgehead atoms. The molecular weight excluding hydrogens is 330 g/mol. The van der Waals surface area contributed by atoms with Crippen molar-refractivity contribution >= 4 is 16.5 Å². The Morgan fingerprint density at radius 3 is 2.41 bits per heavy atom. The zero-order valence-electron chi connectivity index (χ0n) is 16.7. The van der Waals surface area contributed by atoms with E-state index in [4.69, 9.17) is 0 Å². The summed E-state index contributed by atoms with van der Waals surface area (Å²) in [5.41, 5.74) is 1.27. The summed E-state index contributed by atoms with van der Waals surface area (Å²) in [5.74, 6) is 0.968. The lowest BCUT2D eigenvalue weighted by molar-refractivity contribution is 0.168. The number of nitrogens with zero attached hydrogens (tertiary/aromatic N) is 2. The molecule has 146 valence electrons. The van der Waals surface area contributed by atoms with Gasteiger partial charge in [0, 0.05) is 17.6 Å². The van der Waals surface area contributed by atoms with E-state index in [9.17, 15) is 0 Å². The SMILES string of the molecule is c1ccc2c(NCCCN3CCC(CCN4CCCC4)CC3)cccc2c1. The third-order valence-electron chi connectivity index (χ3n) is 6.52. The van der Waals surface area contributed by atoms with E-state index in [2.05, 4.69) is 57.6 Å². The fourth-order valence-corrected chi connectivity index (χ4v) is 4.78. The first-order valence-electron chi connectivity index (χ1n) is 11.0. The van der Waals surface area contributed by atoms with Gasteiger partial charge in [-0.1, -0.05) is 36.4 Å². The molecule has 2 saturated heterocycles. The van der Waals surface area contributed by atoms with Crippen LogP contribution in [0.2, 0.25) is 0 Å². The number of hydrogen-bond donors (Lipinski definition) is 1. The predicted octanol–water partition coefficient (Wildman–Crippen LogP) is 4.84. The van der Waals surface area contributed by atoms with Crippen LogP contribution in [0.15, 0.2) is 42.5 Å². The van der Waals surface area contributed by atoms with Gasteiger partial charge in [0.05, 0.1) is 0 Å². The Hall–Kier alpha value is -1.58. The Morgan fingerprint density at radius 1 is 0.815 bits per heavy atom. The molecule has 0 aliphatic carbocycles. The van der Waals surface area contributed by atoms with Gasteiger partial charge >= 0.3 is 0 Å². The molecule has 0 spiro atoms. The first-order chi connectivity index (χ1) is 13.4. The lowest BCUT2D eigenvalue weighted by Gasteiger charge is -2.32. The Morgan fingerprint density at radius 2 is 1.56 bits per heavy atom. The standard InChI is InChI=1S/C24H35N3/c1-2-9-23-22(7-1)8-5-10-24(23)25-14-6-17-27-19-12-21(13-20-27)11-18-26-15-3-4-16-26/h1-2,5,7-10,21,25H,3-4,6,11-20H2. The highest BCUT2D eigenvalue weighted by molar-refractivity contribution is 5.93. The fourth-order valence-electron chi connectivity index (χ4n) is 4.78. The molecule has 4 rings (SSSR count). The monoisotopic (exact) mass is 365 g/mol. The lowest BCUT2D eigenvalue weighted by Crippen LogP contribution is -2.36. The molecule has 0 atom stereocenters. The van der Waals surface area contributed by atoms with Crippen molar-refractivity contribution in [3.05, 3.63) is 42.5 Å². The van der Waals surface area contributed by atoms with E-state index >= 15 is 0 Å².